The minimum Gasteiger partial charge on any atom is -0.423 e. The van der Waals surface area contributed by atoms with Crippen LogP contribution in [-0.2, 0) is 0 Å². The van der Waals surface area contributed by atoms with Crippen LogP contribution >= 0.6 is 0 Å². The smallest absolute Gasteiger partial charge is 0.298 e. The van der Waals surface area contributed by atoms with Crippen molar-refractivity contribution in [3.05, 3.63) is 46.6 Å². The molecule has 126 valence electrons. The number of benzene rings is 2. The van der Waals surface area contributed by atoms with Gasteiger partial charge < -0.3 is 14.3 Å². The van der Waals surface area contributed by atoms with E-state index in [-0.39, 0.29) is 11.4 Å². The SMILES string of the molecule is O=c1[nH]ccc2c3oc(N4CCCCC4)nc3c3ccc(F)cc3c12. The highest BCUT2D eigenvalue weighted by atomic mass is 19.1. The monoisotopic (exact) mass is 337 g/mol. The number of nitrogens with zero attached hydrogens (tertiary/aromatic N) is 2. The van der Waals surface area contributed by atoms with E-state index >= 15 is 0 Å². The quantitative estimate of drug-likeness (QED) is 0.534. The van der Waals surface area contributed by atoms with Crippen LogP contribution in [0, 0.1) is 5.82 Å². The lowest BCUT2D eigenvalue weighted by molar-refractivity contribution is 0.510. The Hall–Kier alpha value is -2.89. The van der Waals surface area contributed by atoms with E-state index in [4.69, 9.17) is 9.40 Å². The second kappa shape index (κ2) is 5.31. The first-order valence-corrected chi connectivity index (χ1v) is 8.50. The molecule has 0 bridgehead atoms. The molecule has 2 aromatic heterocycles. The molecule has 0 aliphatic carbocycles. The number of hydrogen-bond donors (Lipinski definition) is 1. The molecule has 1 fully saturated rings. The van der Waals surface area contributed by atoms with E-state index in [2.05, 4.69) is 9.88 Å². The van der Waals surface area contributed by atoms with E-state index in [1.54, 1.807) is 18.3 Å². The van der Waals surface area contributed by atoms with Gasteiger partial charge in [0.1, 0.15) is 11.3 Å². The van der Waals surface area contributed by atoms with Gasteiger partial charge >= 0.3 is 0 Å². The minimum atomic E-state index is -0.379. The number of aromatic nitrogens is 2. The molecule has 0 spiro atoms. The zero-order chi connectivity index (χ0) is 17.0. The molecule has 1 saturated heterocycles. The molecule has 0 amide bonds. The van der Waals surface area contributed by atoms with E-state index in [1.807, 2.05) is 0 Å². The number of piperidine rings is 1. The summed E-state index contributed by atoms with van der Waals surface area (Å²) in [4.78, 5) is 21.9. The topological polar surface area (TPSA) is 62.1 Å². The fraction of sp³-hybridized carbons (Fsp3) is 0.263. The summed E-state index contributed by atoms with van der Waals surface area (Å²) in [6.07, 6.45) is 5.03. The van der Waals surface area contributed by atoms with Crippen molar-refractivity contribution in [1.29, 1.82) is 0 Å². The van der Waals surface area contributed by atoms with Crippen molar-refractivity contribution >= 4 is 38.7 Å². The zero-order valence-corrected chi connectivity index (χ0v) is 13.5. The highest BCUT2D eigenvalue weighted by Crippen LogP contribution is 2.36. The number of H-pyrrole nitrogens is 1. The molecule has 2 aromatic carbocycles. The second-order valence-corrected chi connectivity index (χ2v) is 6.51. The maximum Gasteiger partial charge on any atom is 0.298 e. The lowest BCUT2D eigenvalue weighted by atomic mass is 10.0. The Kier molecular flexibility index (Phi) is 3.07. The van der Waals surface area contributed by atoms with Crippen LogP contribution in [-0.4, -0.2) is 23.1 Å². The summed E-state index contributed by atoms with van der Waals surface area (Å²) in [5.74, 6) is -0.379. The molecule has 25 heavy (non-hydrogen) atoms. The second-order valence-electron chi connectivity index (χ2n) is 6.51. The number of pyridine rings is 1. The summed E-state index contributed by atoms with van der Waals surface area (Å²) in [5.41, 5.74) is 1.00. The number of oxazole rings is 1. The molecule has 5 rings (SSSR count). The van der Waals surface area contributed by atoms with Gasteiger partial charge in [-0.3, -0.25) is 4.79 Å². The summed E-state index contributed by atoms with van der Waals surface area (Å²) < 4.78 is 19.9. The van der Waals surface area contributed by atoms with Crippen molar-refractivity contribution in [3.8, 4) is 0 Å². The van der Waals surface area contributed by atoms with Gasteiger partial charge in [-0.15, -0.1) is 0 Å². The third kappa shape index (κ3) is 2.13. The normalized spacial score (nSPS) is 15.5. The maximum absolute atomic E-state index is 13.8. The third-order valence-corrected chi connectivity index (χ3v) is 4.95. The predicted octanol–water partition coefficient (Wildman–Crippen LogP) is 3.95. The highest BCUT2D eigenvalue weighted by Gasteiger charge is 2.21. The van der Waals surface area contributed by atoms with Crippen LogP contribution in [0.1, 0.15) is 19.3 Å². The highest BCUT2D eigenvalue weighted by molar-refractivity contribution is 6.22. The standard InChI is InChI=1S/C19H16FN3O2/c20-11-4-5-12-14(10-11)15-13(6-7-21-18(15)24)17-16(12)22-19(25-17)23-8-2-1-3-9-23/h4-7,10H,1-3,8-9H2,(H,21,24). The van der Waals surface area contributed by atoms with E-state index < -0.39 is 0 Å². The molecule has 0 atom stereocenters. The van der Waals surface area contributed by atoms with E-state index in [9.17, 15) is 9.18 Å². The molecule has 4 aromatic rings. The average Bonchev–Trinajstić information content (AvgIpc) is 3.08. The van der Waals surface area contributed by atoms with Gasteiger partial charge in [0.25, 0.3) is 11.6 Å². The Labute approximate surface area is 142 Å². The number of halogens is 1. The largest absolute Gasteiger partial charge is 0.423 e. The van der Waals surface area contributed by atoms with Crippen molar-refractivity contribution in [2.45, 2.75) is 19.3 Å². The van der Waals surface area contributed by atoms with Crippen LogP contribution in [0.25, 0.3) is 32.6 Å². The first-order valence-electron chi connectivity index (χ1n) is 8.50. The number of anilines is 1. The van der Waals surface area contributed by atoms with Crippen LogP contribution in [0.4, 0.5) is 10.4 Å². The molecule has 0 radical (unpaired) electrons. The fourth-order valence-electron chi connectivity index (χ4n) is 3.76. The average molecular weight is 337 g/mol. The van der Waals surface area contributed by atoms with Crippen LogP contribution in [0.15, 0.2) is 39.7 Å². The summed E-state index contributed by atoms with van der Waals surface area (Å²) in [6, 6.07) is 6.81. The molecule has 6 heteroatoms. The number of nitrogens with one attached hydrogen (secondary N) is 1. The van der Waals surface area contributed by atoms with Crippen LogP contribution in [0.5, 0.6) is 0 Å². The molecule has 1 aliphatic heterocycles. The molecule has 5 nitrogen and oxygen atoms in total. The summed E-state index contributed by atoms with van der Waals surface area (Å²) in [5, 5.41) is 2.38. The Morgan fingerprint density at radius 1 is 1.08 bits per heavy atom. The molecule has 1 aliphatic rings. The Bertz CT molecular complexity index is 1170. The van der Waals surface area contributed by atoms with Gasteiger partial charge in [-0.05, 0) is 43.5 Å². The number of rotatable bonds is 1. The lowest BCUT2D eigenvalue weighted by Crippen LogP contribution is -2.29. The van der Waals surface area contributed by atoms with Gasteiger partial charge in [-0.25, -0.2) is 4.39 Å². The van der Waals surface area contributed by atoms with Crippen molar-refractivity contribution in [2.24, 2.45) is 0 Å². The minimum absolute atomic E-state index is 0.258. The van der Waals surface area contributed by atoms with Crippen molar-refractivity contribution in [1.82, 2.24) is 9.97 Å². The first kappa shape index (κ1) is 14.5. The van der Waals surface area contributed by atoms with Gasteiger partial charge in [0, 0.05) is 35.4 Å². The molecular formula is C19H16FN3O2. The van der Waals surface area contributed by atoms with Gasteiger partial charge in [0.2, 0.25) is 0 Å². The Morgan fingerprint density at radius 3 is 2.76 bits per heavy atom. The lowest BCUT2D eigenvalue weighted by Gasteiger charge is -2.24. The summed E-state index contributed by atoms with van der Waals surface area (Å²) >= 11 is 0. The van der Waals surface area contributed by atoms with Gasteiger partial charge in [0.15, 0.2) is 5.58 Å². The predicted molar refractivity (Wildman–Crippen MR) is 95.7 cm³/mol. The first-order chi connectivity index (χ1) is 12.2. The van der Waals surface area contributed by atoms with Crippen molar-refractivity contribution in [2.75, 3.05) is 18.0 Å². The zero-order valence-electron chi connectivity index (χ0n) is 13.5. The van der Waals surface area contributed by atoms with E-state index in [0.29, 0.717) is 33.3 Å². The molecule has 0 saturated carbocycles. The molecule has 3 heterocycles. The van der Waals surface area contributed by atoms with Gasteiger partial charge in [-0.1, -0.05) is 0 Å². The molecule has 0 unspecified atom stereocenters. The summed E-state index contributed by atoms with van der Waals surface area (Å²) in [7, 11) is 0. The van der Waals surface area contributed by atoms with Crippen LogP contribution in [0.2, 0.25) is 0 Å². The van der Waals surface area contributed by atoms with Crippen molar-refractivity contribution < 1.29 is 8.81 Å². The number of hydrogen-bond acceptors (Lipinski definition) is 4. The van der Waals surface area contributed by atoms with Gasteiger partial charge in [-0.2, -0.15) is 4.98 Å². The summed E-state index contributed by atoms with van der Waals surface area (Å²) in [6.45, 7) is 1.83. The fourth-order valence-corrected chi connectivity index (χ4v) is 3.76. The van der Waals surface area contributed by atoms with Crippen molar-refractivity contribution in [3.63, 3.8) is 0 Å². The van der Waals surface area contributed by atoms with Gasteiger partial charge in [0.05, 0.1) is 5.39 Å². The molecule has 1 N–H and O–H groups in total. The maximum atomic E-state index is 13.8. The Morgan fingerprint density at radius 2 is 1.92 bits per heavy atom. The van der Waals surface area contributed by atoms with Crippen LogP contribution < -0.4 is 10.5 Å². The number of fused-ring (bicyclic) bond motifs is 6. The third-order valence-electron chi connectivity index (χ3n) is 4.95. The van der Waals surface area contributed by atoms with Crippen LogP contribution in [0.3, 0.4) is 0 Å². The van der Waals surface area contributed by atoms with E-state index in [0.717, 1.165) is 31.3 Å². The van der Waals surface area contributed by atoms with E-state index in [1.165, 1.54) is 18.6 Å². The number of aromatic amines is 1. The molecular weight excluding hydrogens is 321 g/mol. The Balaban J connectivity index is 1.91.